The van der Waals surface area contributed by atoms with Crippen LogP contribution < -0.4 is 20.1 Å². The van der Waals surface area contributed by atoms with E-state index in [1.807, 2.05) is 55.5 Å². The Morgan fingerprint density at radius 2 is 1.72 bits per heavy atom. The number of ether oxygens (including phenoxy) is 2. The van der Waals surface area contributed by atoms with E-state index in [0.717, 1.165) is 22.6 Å². The standard InChI is InChI=1S/C22H23N3O4/c1-3-29-17-10-6-15(7-11-17)20-19-18(23-22(27)24-20)13-25(21(19)26)12-14-4-8-16(28-2)9-5-14/h4-11,20H,3,12-13H2,1-2H3,(H2,23,24,27). The Balaban J connectivity index is 1.55. The lowest BCUT2D eigenvalue weighted by Crippen LogP contribution is -2.44. The molecule has 0 aromatic heterocycles. The van der Waals surface area contributed by atoms with Crippen LogP contribution in [0.3, 0.4) is 0 Å². The van der Waals surface area contributed by atoms with Crippen molar-refractivity contribution in [3.63, 3.8) is 0 Å². The van der Waals surface area contributed by atoms with E-state index in [0.29, 0.717) is 31.0 Å². The van der Waals surface area contributed by atoms with Gasteiger partial charge in [0.1, 0.15) is 11.5 Å². The highest BCUT2D eigenvalue weighted by Crippen LogP contribution is 2.33. The molecule has 1 unspecified atom stereocenters. The molecule has 2 heterocycles. The molecule has 7 nitrogen and oxygen atoms in total. The number of benzene rings is 2. The highest BCUT2D eigenvalue weighted by Gasteiger charge is 2.40. The quantitative estimate of drug-likeness (QED) is 0.791. The predicted octanol–water partition coefficient (Wildman–Crippen LogP) is 2.74. The van der Waals surface area contributed by atoms with Gasteiger partial charge in [0.15, 0.2) is 0 Å². The third-order valence-electron chi connectivity index (χ3n) is 5.08. The molecule has 1 atom stereocenters. The van der Waals surface area contributed by atoms with Crippen LogP contribution in [0.1, 0.15) is 24.1 Å². The molecule has 29 heavy (non-hydrogen) atoms. The SMILES string of the molecule is CCOc1ccc(C2NC(=O)NC3=C2C(=O)N(Cc2ccc(OC)cc2)C3)cc1. The Bertz CT molecular complexity index is 951. The first-order valence-corrected chi connectivity index (χ1v) is 9.54. The van der Waals surface area contributed by atoms with Crippen LogP contribution in [-0.2, 0) is 11.3 Å². The molecular formula is C22H23N3O4. The van der Waals surface area contributed by atoms with Gasteiger partial charge in [-0.15, -0.1) is 0 Å². The van der Waals surface area contributed by atoms with E-state index in [4.69, 9.17) is 9.47 Å². The average molecular weight is 393 g/mol. The number of hydrogen-bond acceptors (Lipinski definition) is 4. The van der Waals surface area contributed by atoms with Crippen molar-refractivity contribution < 1.29 is 19.1 Å². The smallest absolute Gasteiger partial charge is 0.319 e. The van der Waals surface area contributed by atoms with Gasteiger partial charge in [-0.3, -0.25) is 4.79 Å². The van der Waals surface area contributed by atoms with Crippen molar-refractivity contribution in [2.75, 3.05) is 20.3 Å². The van der Waals surface area contributed by atoms with Crippen molar-refractivity contribution in [2.24, 2.45) is 0 Å². The molecule has 0 saturated heterocycles. The molecule has 0 aliphatic carbocycles. The van der Waals surface area contributed by atoms with E-state index in [1.54, 1.807) is 12.0 Å². The molecule has 2 aliphatic rings. The number of carbonyl (C=O) groups is 2. The van der Waals surface area contributed by atoms with Crippen LogP contribution in [-0.4, -0.2) is 37.1 Å². The zero-order valence-corrected chi connectivity index (χ0v) is 16.4. The van der Waals surface area contributed by atoms with Crippen molar-refractivity contribution in [2.45, 2.75) is 19.5 Å². The molecule has 2 aromatic rings. The van der Waals surface area contributed by atoms with E-state index in [1.165, 1.54) is 0 Å². The first-order chi connectivity index (χ1) is 14.1. The molecule has 150 valence electrons. The summed E-state index contributed by atoms with van der Waals surface area (Å²) in [7, 11) is 1.62. The third kappa shape index (κ3) is 3.76. The fourth-order valence-electron chi connectivity index (χ4n) is 3.68. The third-order valence-corrected chi connectivity index (χ3v) is 5.08. The van der Waals surface area contributed by atoms with Gasteiger partial charge in [0.2, 0.25) is 0 Å². The number of rotatable bonds is 6. The topological polar surface area (TPSA) is 79.9 Å². The van der Waals surface area contributed by atoms with Crippen molar-refractivity contribution in [1.29, 1.82) is 0 Å². The normalized spacial score (nSPS) is 18.3. The van der Waals surface area contributed by atoms with Gasteiger partial charge in [0, 0.05) is 6.54 Å². The van der Waals surface area contributed by atoms with Gasteiger partial charge < -0.3 is 25.0 Å². The summed E-state index contributed by atoms with van der Waals surface area (Å²) in [6, 6.07) is 14.3. The molecule has 0 bridgehead atoms. The molecule has 4 rings (SSSR count). The summed E-state index contributed by atoms with van der Waals surface area (Å²) in [5.74, 6) is 1.44. The fraction of sp³-hybridized carbons (Fsp3) is 0.273. The molecule has 2 aromatic carbocycles. The zero-order chi connectivity index (χ0) is 20.4. The van der Waals surface area contributed by atoms with Crippen LogP contribution in [0.2, 0.25) is 0 Å². The number of carbonyl (C=O) groups excluding carboxylic acids is 2. The van der Waals surface area contributed by atoms with Crippen LogP contribution in [0.15, 0.2) is 59.8 Å². The minimum absolute atomic E-state index is 0.0813. The van der Waals surface area contributed by atoms with Gasteiger partial charge in [0.05, 0.1) is 37.6 Å². The Kier molecular flexibility index (Phi) is 5.12. The molecule has 0 saturated carbocycles. The van der Waals surface area contributed by atoms with Gasteiger partial charge in [-0.05, 0) is 42.3 Å². The number of urea groups is 1. The van der Waals surface area contributed by atoms with E-state index in [9.17, 15) is 9.59 Å². The summed E-state index contributed by atoms with van der Waals surface area (Å²) in [5.41, 5.74) is 3.08. The number of amides is 3. The lowest BCUT2D eigenvalue weighted by molar-refractivity contribution is -0.126. The number of nitrogens with one attached hydrogen (secondary N) is 2. The predicted molar refractivity (Wildman–Crippen MR) is 107 cm³/mol. The summed E-state index contributed by atoms with van der Waals surface area (Å²) in [5, 5.41) is 5.67. The summed E-state index contributed by atoms with van der Waals surface area (Å²) >= 11 is 0. The second kappa shape index (κ2) is 7.87. The van der Waals surface area contributed by atoms with Crippen LogP contribution in [0.25, 0.3) is 0 Å². The second-order valence-electron chi connectivity index (χ2n) is 6.94. The van der Waals surface area contributed by atoms with E-state index >= 15 is 0 Å². The summed E-state index contributed by atoms with van der Waals surface area (Å²) in [6.45, 7) is 3.34. The summed E-state index contributed by atoms with van der Waals surface area (Å²) in [4.78, 5) is 27.1. The largest absolute Gasteiger partial charge is 0.497 e. The minimum atomic E-state index is -0.484. The maximum atomic E-state index is 13.2. The first kappa shape index (κ1) is 18.9. The lowest BCUT2D eigenvalue weighted by atomic mass is 9.96. The second-order valence-corrected chi connectivity index (χ2v) is 6.94. The van der Waals surface area contributed by atoms with Gasteiger partial charge in [-0.2, -0.15) is 0 Å². The molecular weight excluding hydrogens is 370 g/mol. The lowest BCUT2D eigenvalue weighted by Gasteiger charge is -2.25. The zero-order valence-electron chi connectivity index (χ0n) is 16.4. The first-order valence-electron chi connectivity index (χ1n) is 9.54. The average Bonchev–Trinajstić information content (AvgIpc) is 3.04. The molecule has 2 N–H and O–H groups in total. The van der Waals surface area contributed by atoms with Crippen molar-refractivity contribution in [1.82, 2.24) is 15.5 Å². The van der Waals surface area contributed by atoms with Gasteiger partial charge in [0.25, 0.3) is 5.91 Å². The molecule has 0 fully saturated rings. The fourth-order valence-corrected chi connectivity index (χ4v) is 3.68. The van der Waals surface area contributed by atoms with Gasteiger partial charge in [-0.1, -0.05) is 24.3 Å². The summed E-state index contributed by atoms with van der Waals surface area (Å²) < 4.78 is 10.7. The molecule has 0 spiro atoms. The van der Waals surface area contributed by atoms with Crippen molar-refractivity contribution in [3.8, 4) is 11.5 Å². The Morgan fingerprint density at radius 3 is 2.38 bits per heavy atom. The monoisotopic (exact) mass is 393 g/mol. The number of nitrogens with zero attached hydrogens (tertiary/aromatic N) is 1. The van der Waals surface area contributed by atoms with E-state index in [-0.39, 0.29) is 11.9 Å². The van der Waals surface area contributed by atoms with E-state index in [2.05, 4.69) is 10.6 Å². The maximum absolute atomic E-state index is 13.2. The molecule has 3 amide bonds. The van der Waals surface area contributed by atoms with Crippen molar-refractivity contribution >= 4 is 11.9 Å². The molecule has 7 heteroatoms. The Labute approximate surface area is 169 Å². The number of methoxy groups -OCH3 is 1. The van der Waals surface area contributed by atoms with Gasteiger partial charge >= 0.3 is 6.03 Å². The Hall–Kier alpha value is -3.48. The van der Waals surface area contributed by atoms with Gasteiger partial charge in [-0.25, -0.2) is 4.79 Å². The highest BCUT2D eigenvalue weighted by molar-refractivity contribution is 6.01. The summed E-state index contributed by atoms with van der Waals surface area (Å²) in [6.07, 6.45) is 0. The van der Waals surface area contributed by atoms with Crippen LogP contribution in [0.5, 0.6) is 11.5 Å². The van der Waals surface area contributed by atoms with Crippen molar-refractivity contribution in [3.05, 3.63) is 70.9 Å². The molecule has 0 radical (unpaired) electrons. The van der Waals surface area contributed by atoms with Crippen LogP contribution in [0, 0.1) is 0 Å². The highest BCUT2D eigenvalue weighted by atomic mass is 16.5. The van der Waals surface area contributed by atoms with Crippen LogP contribution >= 0.6 is 0 Å². The van der Waals surface area contributed by atoms with E-state index < -0.39 is 6.04 Å². The maximum Gasteiger partial charge on any atom is 0.319 e. The minimum Gasteiger partial charge on any atom is -0.497 e. The molecule has 2 aliphatic heterocycles. The van der Waals surface area contributed by atoms with Crippen LogP contribution in [0.4, 0.5) is 4.79 Å². The Morgan fingerprint density at radius 1 is 1.03 bits per heavy atom. The number of hydrogen-bond donors (Lipinski definition) is 2.